The number of nitrogens with one attached hydrogen (secondary N) is 1. The first-order valence-corrected chi connectivity index (χ1v) is 8.01. The molecule has 0 aromatic heterocycles. The Labute approximate surface area is 144 Å². The van der Waals surface area contributed by atoms with Crippen LogP contribution in [0.1, 0.15) is 15.9 Å². The summed E-state index contributed by atoms with van der Waals surface area (Å²) in [5.41, 5.74) is 1.91. The van der Waals surface area contributed by atoms with Gasteiger partial charge in [0.25, 0.3) is 5.91 Å². The average Bonchev–Trinajstić information content (AvgIpc) is 2.54. The van der Waals surface area contributed by atoms with Crippen LogP contribution in [-0.2, 0) is 11.2 Å². The van der Waals surface area contributed by atoms with E-state index in [1.165, 1.54) is 0 Å². The molecule has 0 bridgehead atoms. The van der Waals surface area contributed by atoms with Crippen LogP contribution in [-0.4, -0.2) is 41.0 Å². The SMILES string of the molecule is O=C(Nc1ccc(Cl)cc1)c1cccc(CC(=O)N2CC(O)C2)c1. The van der Waals surface area contributed by atoms with Gasteiger partial charge in [-0.3, -0.25) is 9.59 Å². The molecule has 24 heavy (non-hydrogen) atoms. The second-order valence-electron chi connectivity index (χ2n) is 5.79. The van der Waals surface area contributed by atoms with Gasteiger partial charge in [0, 0.05) is 29.4 Å². The topological polar surface area (TPSA) is 69.6 Å². The minimum atomic E-state index is -0.412. The Morgan fingerprint density at radius 2 is 1.88 bits per heavy atom. The van der Waals surface area contributed by atoms with Gasteiger partial charge in [-0.25, -0.2) is 0 Å². The van der Waals surface area contributed by atoms with Gasteiger partial charge in [0.15, 0.2) is 0 Å². The predicted octanol–water partition coefficient (Wildman–Crippen LogP) is 2.34. The molecule has 2 aromatic carbocycles. The van der Waals surface area contributed by atoms with Gasteiger partial charge in [0.05, 0.1) is 12.5 Å². The Morgan fingerprint density at radius 3 is 2.54 bits per heavy atom. The summed E-state index contributed by atoms with van der Waals surface area (Å²) >= 11 is 5.82. The van der Waals surface area contributed by atoms with Crippen molar-refractivity contribution < 1.29 is 14.7 Å². The maximum Gasteiger partial charge on any atom is 0.255 e. The minimum Gasteiger partial charge on any atom is -0.389 e. The first-order chi connectivity index (χ1) is 11.5. The lowest BCUT2D eigenvalue weighted by Crippen LogP contribution is -2.53. The number of amides is 2. The third-order valence-corrected chi connectivity index (χ3v) is 4.11. The van der Waals surface area contributed by atoms with E-state index in [1.54, 1.807) is 47.4 Å². The largest absolute Gasteiger partial charge is 0.389 e. The highest BCUT2D eigenvalue weighted by molar-refractivity contribution is 6.30. The summed E-state index contributed by atoms with van der Waals surface area (Å²) < 4.78 is 0. The fraction of sp³-hybridized carbons (Fsp3) is 0.222. The molecular weight excluding hydrogens is 328 g/mol. The average molecular weight is 345 g/mol. The second-order valence-corrected chi connectivity index (χ2v) is 6.23. The lowest BCUT2D eigenvalue weighted by molar-refractivity contribution is -0.140. The number of halogens is 1. The van der Waals surface area contributed by atoms with Gasteiger partial charge in [-0.05, 0) is 42.0 Å². The van der Waals surface area contributed by atoms with Crippen LogP contribution < -0.4 is 5.32 Å². The monoisotopic (exact) mass is 344 g/mol. The zero-order valence-corrected chi connectivity index (χ0v) is 13.7. The smallest absolute Gasteiger partial charge is 0.255 e. The molecule has 6 heteroatoms. The molecule has 124 valence electrons. The van der Waals surface area contributed by atoms with Crippen LogP contribution in [0.2, 0.25) is 5.02 Å². The van der Waals surface area contributed by atoms with Crippen LogP contribution in [0.5, 0.6) is 0 Å². The van der Waals surface area contributed by atoms with E-state index in [4.69, 9.17) is 11.6 Å². The zero-order chi connectivity index (χ0) is 17.1. The van der Waals surface area contributed by atoms with E-state index < -0.39 is 6.10 Å². The van der Waals surface area contributed by atoms with Crippen molar-refractivity contribution in [2.45, 2.75) is 12.5 Å². The van der Waals surface area contributed by atoms with Crippen molar-refractivity contribution in [1.29, 1.82) is 0 Å². The highest BCUT2D eigenvalue weighted by atomic mass is 35.5. The molecule has 2 aromatic rings. The molecule has 0 unspecified atom stereocenters. The molecule has 0 spiro atoms. The third kappa shape index (κ3) is 3.93. The van der Waals surface area contributed by atoms with Crippen molar-refractivity contribution in [3.8, 4) is 0 Å². The van der Waals surface area contributed by atoms with Crippen molar-refractivity contribution in [2.24, 2.45) is 0 Å². The van der Waals surface area contributed by atoms with Crippen LogP contribution in [0.25, 0.3) is 0 Å². The number of anilines is 1. The Kier molecular flexibility index (Phi) is 4.83. The van der Waals surface area contributed by atoms with E-state index in [0.717, 1.165) is 5.56 Å². The molecule has 5 nitrogen and oxygen atoms in total. The number of carbonyl (C=O) groups is 2. The number of benzene rings is 2. The zero-order valence-electron chi connectivity index (χ0n) is 12.9. The van der Waals surface area contributed by atoms with E-state index in [1.807, 2.05) is 6.07 Å². The molecule has 1 aliphatic heterocycles. The third-order valence-electron chi connectivity index (χ3n) is 3.86. The fourth-order valence-corrected chi connectivity index (χ4v) is 2.63. The standard InChI is InChI=1S/C18H17ClN2O3/c19-14-4-6-15(7-5-14)20-18(24)13-3-1-2-12(8-13)9-17(23)21-10-16(22)11-21/h1-8,16,22H,9-11H2,(H,20,24). The van der Waals surface area contributed by atoms with Gasteiger partial charge in [-0.2, -0.15) is 0 Å². The minimum absolute atomic E-state index is 0.0458. The van der Waals surface area contributed by atoms with Gasteiger partial charge in [0.2, 0.25) is 5.91 Å². The summed E-state index contributed by atoms with van der Waals surface area (Å²) in [5, 5.41) is 12.6. The predicted molar refractivity (Wildman–Crippen MR) is 92.1 cm³/mol. The highest BCUT2D eigenvalue weighted by Crippen LogP contribution is 2.16. The first kappa shape index (κ1) is 16.5. The molecule has 1 aliphatic rings. The molecule has 2 N–H and O–H groups in total. The Balaban J connectivity index is 1.64. The number of nitrogens with zero attached hydrogens (tertiary/aromatic N) is 1. The summed E-state index contributed by atoms with van der Waals surface area (Å²) in [4.78, 5) is 26.0. The molecule has 0 aliphatic carbocycles. The van der Waals surface area contributed by atoms with Crippen LogP contribution in [0.3, 0.4) is 0 Å². The second kappa shape index (κ2) is 7.03. The summed E-state index contributed by atoms with van der Waals surface area (Å²) in [6, 6.07) is 13.8. The van der Waals surface area contributed by atoms with Gasteiger partial charge < -0.3 is 15.3 Å². The van der Waals surface area contributed by atoms with Crippen molar-refractivity contribution in [1.82, 2.24) is 4.90 Å². The van der Waals surface area contributed by atoms with Gasteiger partial charge in [0.1, 0.15) is 0 Å². The fourth-order valence-electron chi connectivity index (χ4n) is 2.50. The molecule has 0 atom stereocenters. The van der Waals surface area contributed by atoms with Gasteiger partial charge >= 0.3 is 0 Å². The number of hydrogen-bond acceptors (Lipinski definition) is 3. The normalized spacial score (nSPS) is 14.2. The van der Waals surface area contributed by atoms with Crippen molar-refractivity contribution in [3.05, 3.63) is 64.7 Å². The molecule has 1 fully saturated rings. The van der Waals surface area contributed by atoms with Crippen LogP contribution >= 0.6 is 11.6 Å². The van der Waals surface area contributed by atoms with Crippen LogP contribution in [0.4, 0.5) is 5.69 Å². The van der Waals surface area contributed by atoms with E-state index in [2.05, 4.69) is 5.32 Å². The number of likely N-dealkylation sites (tertiary alicyclic amines) is 1. The molecule has 0 radical (unpaired) electrons. The maximum atomic E-state index is 12.3. The number of aliphatic hydroxyl groups excluding tert-OH is 1. The van der Waals surface area contributed by atoms with Crippen LogP contribution in [0.15, 0.2) is 48.5 Å². The number of hydrogen-bond donors (Lipinski definition) is 2. The van der Waals surface area contributed by atoms with Gasteiger partial charge in [-0.15, -0.1) is 0 Å². The number of rotatable bonds is 4. The summed E-state index contributed by atoms with van der Waals surface area (Å²) in [6.07, 6.45) is -0.195. The van der Waals surface area contributed by atoms with E-state index in [0.29, 0.717) is 29.4 Å². The highest BCUT2D eigenvalue weighted by Gasteiger charge is 2.28. The summed E-state index contributed by atoms with van der Waals surface area (Å²) in [7, 11) is 0. The molecular formula is C18H17ClN2O3. The summed E-state index contributed by atoms with van der Waals surface area (Å²) in [5.74, 6) is -0.290. The van der Waals surface area contributed by atoms with Crippen LogP contribution in [0, 0.1) is 0 Å². The van der Waals surface area contributed by atoms with Crippen molar-refractivity contribution in [2.75, 3.05) is 18.4 Å². The molecule has 1 heterocycles. The van der Waals surface area contributed by atoms with Crippen molar-refractivity contribution in [3.63, 3.8) is 0 Å². The first-order valence-electron chi connectivity index (χ1n) is 7.63. The van der Waals surface area contributed by atoms with E-state index in [-0.39, 0.29) is 18.2 Å². The number of carbonyl (C=O) groups excluding carboxylic acids is 2. The number of aliphatic hydroxyl groups is 1. The quantitative estimate of drug-likeness (QED) is 0.894. The lowest BCUT2D eigenvalue weighted by atomic mass is 10.0. The van der Waals surface area contributed by atoms with Gasteiger partial charge in [-0.1, -0.05) is 23.7 Å². The maximum absolute atomic E-state index is 12.3. The molecule has 3 rings (SSSR count). The lowest BCUT2D eigenvalue weighted by Gasteiger charge is -2.35. The Morgan fingerprint density at radius 1 is 1.17 bits per heavy atom. The molecule has 1 saturated heterocycles. The van der Waals surface area contributed by atoms with Crippen molar-refractivity contribution >= 4 is 29.1 Å². The molecule has 0 saturated carbocycles. The van der Waals surface area contributed by atoms with E-state index >= 15 is 0 Å². The number of β-amino-alcohol motifs (C(OH)–C–C–N with tert-alkyl or cyclic N) is 1. The molecule has 2 amide bonds. The Hall–Kier alpha value is -2.37. The Bertz CT molecular complexity index is 755. The van der Waals surface area contributed by atoms with E-state index in [9.17, 15) is 14.7 Å². The summed E-state index contributed by atoms with van der Waals surface area (Å²) in [6.45, 7) is 0.769.